The number of nitrogen functional groups attached to an aromatic ring is 1. The molecular weight excluding hydrogens is 462 g/mol. The van der Waals surface area contributed by atoms with E-state index in [1.54, 1.807) is 21.1 Å². The number of phosphoric acid groups is 2. The zero-order valence-electron chi connectivity index (χ0n) is 16.9. The summed E-state index contributed by atoms with van der Waals surface area (Å²) in [6.45, 7) is 0.287. The van der Waals surface area contributed by atoms with Crippen LogP contribution in [0.2, 0.25) is 0 Å². The van der Waals surface area contributed by atoms with Crippen LogP contribution in [0.25, 0.3) is 0 Å². The first-order valence-electron chi connectivity index (χ1n) is 8.92. The van der Waals surface area contributed by atoms with Crippen molar-refractivity contribution in [1.82, 2.24) is 9.55 Å². The SMILES string of the molecule is C[N+](C)(C)CCC(OP(=O)(O)OP(=O)([O-])O)[C@H]1O[C@@H](n2ccc(N)nc2=O)[C@H](O)[C@@H]1O. The molecule has 1 fully saturated rings. The van der Waals surface area contributed by atoms with Crippen molar-refractivity contribution in [2.24, 2.45) is 0 Å². The molecule has 2 rings (SSSR count). The molecule has 2 heterocycles. The van der Waals surface area contributed by atoms with Gasteiger partial charge in [0.2, 0.25) is 0 Å². The summed E-state index contributed by atoms with van der Waals surface area (Å²) in [5, 5.41) is 20.9. The van der Waals surface area contributed by atoms with E-state index in [4.69, 9.17) is 19.9 Å². The average Bonchev–Trinajstić information content (AvgIpc) is 2.84. The van der Waals surface area contributed by atoms with E-state index in [-0.39, 0.29) is 18.8 Å². The van der Waals surface area contributed by atoms with Crippen molar-refractivity contribution in [3.8, 4) is 0 Å². The van der Waals surface area contributed by atoms with Crippen LogP contribution in [0.15, 0.2) is 17.1 Å². The summed E-state index contributed by atoms with van der Waals surface area (Å²) in [4.78, 5) is 44.8. The molecule has 1 aliphatic heterocycles. The van der Waals surface area contributed by atoms with Crippen molar-refractivity contribution in [2.45, 2.75) is 37.1 Å². The number of hydrogen-bond donors (Lipinski definition) is 5. The summed E-state index contributed by atoms with van der Waals surface area (Å²) in [7, 11) is -5.64. The van der Waals surface area contributed by atoms with Gasteiger partial charge in [-0.2, -0.15) is 4.98 Å². The maximum absolute atomic E-state index is 12.1. The number of quaternary nitrogens is 1. The fourth-order valence-electron chi connectivity index (χ4n) is 2.95. The minimum Gasteiger partial charge on any atom is -0.756 e. The van der Waals surface area contributed by atoms with E-state index < -0.39 is 52.0 Å². The molecule has 0 bridgehead atoms. The second-order valence-electron chi connectivity index (χ2n) is 7.98. The smallest absolute Gasteiger partial charge is 0.479 e. The molecule has 1 aliphatic rings. The Labute approximate surface area is 177 Å². The number of aliphatic hydroxyl groups is 2. The average molecular weight is 488 g/mol. The van der Waals surface area contributed by atoms with E-state index in [2.05, 4.69) is 9.29 Å². The lowest BCUT2D eigenvalue weighted by Crippen LogP contribution is -2.44. The van der Waals surface area contributed by atoms with E-state index in [0.717, 1.165) is 4.57 Å². The number of rotatable bonds is 9. The number of phosphoric ester groups is 1. The first kappa shape index (κ1) is 26.0. The van der Waals surface area contributed by atoms with Gasteiger partial charge in [-0.15, -0.1) is 0 Å². The molecule has 1 aromatic rings. The number of ether oxygens (including phenoxy) is 1. The van der Waals surface area contributed by atoms with Crippen LogP contribution in [-0.2, 0) is 22.7 Å². The molecule has 0 radical (unpaired) electrons. The fraction of sp³-hybridized carbons (Fsp3) is 0.714. The lowest BCUT2D eigenvalue weighted by molar-refractivity contribution is -0.870. The highest BCUT2D eigenvalue weighted by Gasteiger charge is 2.50. The number of hydrogen-bond acceptors (Lipinski definition) is 11. The number of aromatic nitrogens is 2. The van der Waals surface area contributed by atoms with Gasteiger partial charge in [-0.25, -0.2) is 13.7 Å². The maximum atomic E-state index is 12.1. The molecule has 17 heteroatoms. The molecule has 6 N–H and O–H groups in total. The van der Waals surface area contributed by atoms with E-state index in [1.807, 2.05) is 0 Å². The third-order valence-corrected chi connectivity index (χ3v) is 6.51. The monoisotopic (exact) mass is 488 g/mol. The highest BCUT2D eigenvalue weighted by Crippen LogP contribution is 2.57. The summed E-state index contributed by atoms with van der Waals surface area (Å²) in [6, 6.07) is 1.26. The second kappa shape index (κ2) is 9.33. The topological polar surface area (TPSA) is 227 Å². The molecule has 3 unspecified atom stereocenters. The van der Waals surface area contributed by atoms with Gasteiger partial charge in [0, 0.05) is 12.6 Å². The summed E-state index contributed by atoms with van der Waals surface area (Å²) in [5.41, 5.74) is 4.54. The van der Waals surface area contributed by atoms with E-state index in [0.29, 0.717) is 4.48 Å². The van der Waals surface area contributed by atoms with Gasteiger partial charge in [0.1, 0.15) is 30.2 Å². The minimum atomic E-state index is -5.64. The molecule has 0 saturated carbocycles. The van der Waals surface area contributed by atoms with Crippen molar-refractivity contribution in [1.29, 1.82) is 0 Å². The van der Waals surface area contributed by atoms with Crippen LogP contribution >= 0.6 is 15.6 Å². The zero-order chi connectivity index (χ0) is 23.8. The summed E-state index contributed by atoms with van der Waals surface area (Å²) >= 11 is 0. The first-order chi connectivity index (χ1) is 14.0. The van der Waals surface area contributed by atoms with Crippen molar-refractivity contribution < 1.29 is 52.1 Å². The summed E-state index contributed by atoms with van der Waals surface area (Å²) in [6.07, 6.45) is -6.68. The molecule has 31 heavy (non-hydrogen) atoms. The Hall–Kier alpha value is -1.22. The lowest BCUT2D eigenvalue weighted by atomic mass is 10.0. The molecular formula is C14H26N4O11P2. The Kier molecular flexibility index (Phi) is 7.84. The fourth-order valence-corrected chi connectivity index (χ4v) is 4.72. The summed E-state index contributed by atoms with van der Waals surface area (Å²) < 4.78 is 38.2. The van der Waals surface area contributed by atoms with Crippen LogP contribution in [0.5, 0.6) is 0 Å². The molecule has 1 saturated heterocycles. The minimum absolute atomic E-state index is 0.0674. The molecule has 0 amide bonds. The first-order valence-corrected chi connectivity index (χ1v) is 11.9. The number of anilines is 1. The van der Waals surface area contributed by atoms with E-state index in [1.165, 1.54) is 12.3 Å². The van der Waals surface area contributed by atoms with Crippen LogP contribution in [0, 0.1) is 0 Å². The third kappa shape index (κ3) is 7.41. The number of nitrogens with two attached hydrogens (primary N) is 1. The van der Waals surface area contributed by atoms with Gasteiger partial charge in [0.25, 0.3) is 7.82 Å². The summed E-state index contributed by atoms with van der Waals surface area (Å²) in [5.74, 6) is -0.0839. The van der Waals surface area contributed by atoms with Crippen molar-refractivity contribution >= 4 is 21.5 Å². The van der Waals surface area contributed by atoms with Gasteiger partial charge in [-0.05, 0) is 6.07 Å². The molecule has 15 nitrogen and oxygen atoms in total. The van der Waals surface area contributed by atoms with Crippen LogP contribution in [0.4, 0.5) is 5.82 Å². The van der Waals surface area contributed by atoms with Gasteiger partial charge in [0.15, 0.2) is 6.23 Å². The molecule has 178 valence electrons. The van der Waals surface area contributed by atoms with Crippen LogP contribution in [0.3, 0.4) is 0 Å². The molecule has 1 aromatic heterocycles. The van der Waals surface area contributed by atoms with Crippen LogP contribution in [-0.4, -0.2) is 86.1 Å². The van der Waals surface area contributed by atoms with Crippen LogP contribution < -0.4 is 16.3 Å². The van der Waals surface area contributed by atoms with E-state index in [9.17, 15) is 33.9 Å². The predicted molar refractivity (Wildman–Crippen MR) is 102 cm³/mol. The normalized spacial score (nSPS) is 29.3. The highest BCUT2D eigenvalue weighted by atomic mass is 31.3. The quantitative estimate of drug-likeness (QED) is 0.179. The van der Waals surface area contributed by atoms with E-state index >= 15 is 0 Å². The molecule has 0 aliphatic carbocycles. The Morgan fingerprint density at radius 3 is 2.45 bits per heavy atom. The van der Waals surface area contributed by atoms with Crippen molar-refractivity contribution in [3.63, 3.8) is 0 Å². The third-order valence-electron chi connectivity index (χ3n) is 4.33. The van der Waals surface area contributed by atoms with Crippen molar-refractivity contribution in [3.05, 3.63) is 22.7 Å². The Morgan fingerprint density at radius 2 is 1.94 bits per heavy atom. The van der Waals surface area contributed by atoms with Gasteiger partial charge < -0.3 is 39.8 Å². The number of aliphatic hydroxyl groups excluding tert-OH is 2. The van der Waals surface area contributed by atoms with Gasteiger partial charge >= 0.3 is 13.5 Å². The largest absolute Gasteiger partial charge is 0.756 e. The number of nitrogens with zero attached hydrogens (tertiary/aromatic N) is 3. The Morgan fingerprint density at radius 1 is 1.32 bits per heavy atom. The Balaban J connectivity index is 2.32. The second-order valence-corrected chi connectivity index (χ2v) is 10.7. The standard InChI is InChI=1S/C14H26N4O11P2/c1-18(2,3)7-5-8(28-31(25,26)29-30(22,23)24)12-10(19)11(20)13(27-12)17-6-4-9(15)16-14(17)21/h4,6,8,10-13,19-20H,5,7H2,1-3H3,(H4-,15,16,21,22,23,24,25,26)/t8?,10-,11+,12+,13+/m0/s1. The molecule has 7 atom stereocenters. The maximum Gasteiger partial charge on any atom is 0.479 e. The van der Waals surface area contributed by atoms with Gasteiger partial charge in [-0.3, -0.25) is 13.7 Å². The molecule has 0 spiro atoms. The van der Waals surface area contributed by atoms with Gasteiger partial charge in [-0.1, -0.05) is 0 Å². The molecule has 0 aromatic carbocycles. The zero-order valence-corrected chi connectivity index (χ0v) is 18.7. The Bertz CT molecular complexity index is 930. The predicted octanol–water partition coefficient (Wildman–Crippen LogP) is -2.50. The highest BCUT2D eigenvalue weighted by molar-refractivity contribution is 7.60. The van der Waals surface area contributed by atoms with Gasteiger partial charge in [0.05, 0.1) is 27.7 Å². The van der Waals surface area contributed by atoms with Crippen molar-refractivity contribution in [2.75, 3.05) is 33.4 Å². The lowest BCUT2D eigenvalue weighted by Gasteiger charge is -2.31. The van der Waals surface area contributed by atoms with Crippen LogP contribution in [0.1, 0.15) is 12.6 Å².